The molecule has 0 heterocycles. The van der Waals surface area contributed by atoms with Crippen molar-refractivity contribution in [3.63, 3.8) is 0 Å². The van der Waals surface area contributed by atoms with Gasteiger partial charge in [-0.1, -0.05) is 18.2 Å². The van der Waals surface area contributed by atoms with Crippen molar-refractivity contribution in [2.24, 2.45) is 0 Å². The van der Waals surface area contributed by atoms with E-state index < -0.39 is 34.1 Å². The van der Waals surface area contributed by atoms with Gasteiger partial charge in [0.2, 0.25) is 5.91 Å². The summed E-state index contributed by atoms with van der Waals surface area (Å²) in [4.78, 5) is 12.6. The zero-order valence-electron chi connectivity index (χ0n) is 16.6. The smallest absolute Gasteiger partial charge is 0.264 e. The van der Waals surface area contributed by atoms with Gasteiger partial charge in [-0.2, -0.15) is 0 Å². The first-order valence-corrected chi connectivity index (χ1v) is 10.8. The minimum Gasteiger partial charge on any atom is -0.494 e. The lowest BCUT2D eigenvalue weighted by Crippen LogP contribution is -2.38. The van der Waals surface area contributed by atoms with Crippen molar-refractivity contribution in [1.29, 1.82) is 0 Å². The first-order valence-electron chi connectivity index (χ1n) is 9.37. The summed E-state index contributed by atoms with van der Waals surface area (Å²) < 4.78 is 59.3. The van der Waals surface area contributed by atoms with Gasteiger partial charge in [0.1, 0.15) is 12.3 Å². The van der Waals surface area contributed by atoms with Crippen LogP contribution in [0.3, 0.4) is 0 Å². The number of carbonyl (C=O) groups excluding carboxylic acids is 1. The van der Waals surface area contributed by atoms with Crippen LogP contribution in [0.1, 0.15) is 6.92 Å². The fourth-order valence-electron chi connectivity index (χ4n) is 2.81. The molecule has 0 aliphatic carbocycles. The number of halogens is 2. The van der Waals surface area contributed by atoms with Crippen molar-refractivity contribution in [3.8, 4) is 5.75 Å². The average Bonchev–Trinajstić information content (AvgIpc) is 2.76. The molecule has 0 saturated carbocycles. The second-order valence-electron chi connectivity index (χ2n) is 6.43. The highest BCUT2D eigenvalue weighted by molar-refractivity contribution is 7.92. The van der Waals surface area contributed by atoms with Gasteiger partial charge >= 0.3 is 0 Å². The summed E-state index contributed by atoms with van der Waals surface area (Å²) in [6, 6.07) is 16.8. The van der Waals surface area contributed by atoms with Crippen molar-refractivity contribution < 1.29 is 26.7 Å². The van der Waals surface area contributed by atoms with E-state index >= 15 is 0 Å². The molecule has 0 atom stereocenters. The zero-order valence-corrected chi connectivity index (χ0v) is 17.4. The van der Waals surface area contributed by atoms with Crippen molar-refractivity contribution >= 4 is 27.3 Å². The second-order valence-corrected chi connectivity index (χ2v) is 8.29. The Morgan fingerprint density at radius 3 is 2.26 bits per heavy atom. The molecular formula is C22H20F2N2O4S. The number of carbonyl (C=O) groups is 1. The third-order valence-electron chi connectivity index (χ3n) is 4.26. The molecule has 0 spiro atoms. The van der Waals surface area contributed by atoms with Crippen molar-refractivity contribution in [1.82, 2.24) is 0 Å². The standard InChI is InChI=1S/C22H20F2N2O4S/c1-2-30-18-11-9-17(10-12-18)26(31(28,29)19-6-4-3-5-7-19)15-22(27)25-16-8-13-20(23)21(24)14-16/h3-14H,2,15H2,1H3,(H,25,27). The number of benzene rings is 3. The number of hydrogen-bond acceptors (Lipinski definition) is 4. The fraction of sp³-hybridized carbons (Fsp3) is 0.136. The summed E-state index contributed by atoms with van der Waals surface area (Å²) in [7, 11) is -4.08. The predicted octanol–water partition coefficient (Wildman–Crippen LogP) is 4.20. The highest BCUT2D eigenvalue weighted by Crippen LogP contribution is 2.26. The maximum Gasteiger partial charge on any atom is 0.264 e. The summed E-state index contributed by atoms with van der Waals surface area (Å²) in [5, 5.41) is 2.39. The van der Waals surface area contributed by atoms with Crippen LogP contribution >= 0.6 is 0 Å². The van der Waals surface area contributed by atoms with Crippen LogP contribution in [0.2, 0.25) is 0 Å². The normalized spacial score (nSPS) is 11.1. The number of sulfonamides is 1. The molecule has 3 aromatic rings. The van der Waals surface area contributed by atoms with E-state index in [1.54, 1.807) is 30.3 Å². The van der Waals surface area contributed by atoms with Crippen LogP contribution in [0, 0.1) is 11.6 Å². The maximum atomic E-state index is 13.4. The second kappa shape index (κ2) is 9.57. The molecule has 162 valence electrons. The minimum absolute atomic E-state index is 0.00418. The van der Waals surface area contributed by atoms with E-state index in [9.17, 15) is 22.0 Å². The van der Waals surface area contributed by atoms with Crippen LogP contribution in [-0.4, -0.2) is 27.5 Å². The zero-order chi connectivity index (χ0) is 22.4. The van der Waals surface area contributed by atoms with Crippen molar-refractivity contribution in [2.75, 3.05) is 22.8 Å². The number of hydrogen-bond donors (Lipinski definition) is 1. The Kier molecular flexibility index (Phi) is 6.86. The number of nitrogens with zero attached hydrogens (tertiary/aromatic N) is 1. The highest BCUT2D eigenvalue weighted by atomic mass is 32.2. The minimum atomic E-state index is -4.08. The van der Waals surface area contributed by atoms with Gasteiger partial charge < -0.3 is 10.1 Å². The van der Waals surface area contributed by atoms with E-state index in [0.717, 1.165) is 16.4 Å². The van der Waals surface area contributed by atoms with E-state index in [1.807, 2.05) is 6.92 Å². The number of ether oxygens (including phenoxy) is 1. The summed E-state index contributed by atoms with van der Waals surface area (Å²) in [6.45, 7) is 1.69. The van der Waals surface area contributed by atoms with Gasteiger partial charge in [-0.15, -0.1) is 0 Å². The molecule has 0 aromatic heterocycles. The van der Waals surface area contributed by atoms with Crippen LogP contribution in [0.4, 0.5) is 20.2 Å². The Morgan fingerprint density at radius 1 is 0.968 bits per heavy atom. The van der Waals surface area contributed by atoms with E-state index in [0.29, 0.717) is 12.4 Å². The SMILES string of the molecule is CCOc1ccc(N(CC(=O)Nc2ccc(F)c(F)c2)S(=O)(=O)c2ccccc2)cc1. The maximum absolute atomic E-state index is 13.4. The number of nitrogens with one attached hydrogen (secondary N) is 1. The summed E-state index contributed by atoms with van der Waals surface area (Å²) in [5.41, 5.74) is 0.250. The molecule has 3 aromatic carbocycles. The summed E-state index contributed by atoms with van der Waals surface area (Å²) in [5.74, 6) is -2.35. The molecule has 0 saturated heterocycles. The molecule has 1 amide bonds. The molecular weight excluding hydrogens is 426 g/mol. The van der Waals surface area contributed by atoms with Crippen LogP contribution in [-0.2, 0) is 14.8 Å². The molecule has 3 rings (SSSR count). The van der Waals surface area contributed by atoms with Crippen LogP contribution < -0.4 is 14.4 Å². The summed E-state index contributed by atoms with van der Waals surface area (Å²) in [6.07, 6.45) is 0. The number of anilines is 2. The molecule has 9 heteroatoms. The lowest BCUT2D eigenvalue weighted by molar-refractivity contribution is -0.114. The van der Waals surface area contributed by atoms with E-state index in [4.69, 9.17) is 4.74 Å². The van der Waals surface area contributed by atoms with Gasteiger partial charge in [0.15, 0.2) is 11.6 Å². The van der Waals surface area contributed by atoms with Gasteiger partial charge in [-0.25, -0.2) is 17.2 Å². The Balaban J connectivity index is 1.91. The van der Waals surface area contributed by atoms with Crippen LogP contribution in [0.15, 0.2) is 77.7 Å². The van der Waals surface area contributed by atoms with Crippen LogP contribution in [0.5, 0.6) is 5.75 Å². The molecule has 0 bridgehead atoms. The summed E-state index contributed by atoms with van der Waals surface area (Å²) >= 11 is 0. The molecule has 6 nitrogen and oxygen atoms in total. The van der Waals surface area contributed by atoms with Crippen LogP contribution in [0.25, 0.3) is 0 Å². The molecule has 0 fully saturated rings. The number of rotatable bonds is 8. The first-order chi connectivity index (χ1) is 14.8. The monoisotopic (exact) mass is 446 g/mol. The molecule has 0 unspecified atom stereocenters. The van der Waals surface area contributed by atoms with Gasteiger partial charge in [-0.05, 0) is 55.5 Å². The predicted molar refractivity (Wildman–Crippen MR) is 114 cm³/mol. The topological polar surface area (TPSA) is 75.7 Å². The quantitative estimate of drug-likeness (QED) is 0.563. The van der Waals surface area contributed by atoms with E-state index in [2.05, 4.69) is 5.32 Å². The van der Waals surface area contributed by atoms with Gasteiger partial charge in [0, 0.05) is 11.8 Å². The average molecular weight is 446 g/mol. The molecule has 1 N–H and O–H groups in total. The highest BCUT2D eigenvalue weighted by Gasteiger charge is 2.27. The fourth-order valence-corrected chi connectivity index (χ4v) is 4.26. The molecule has 0 aliphatic heterocycles. The lowest BCUT2D eigenvalue weighted by atomic mass is 10.3. The third kappa shape index (κ3) is 5.37. The molecule has 0 radical (unpaired) electrons. The number of amides is 1. The van der Waals surface area contributed by atoms with Gasteiger partial charge in [0.25, 0.3) is 10.0 Å². The van der Waals surface area contributed by atoms with Crippen molar-refractivity contribution in [2.45, 2.75) is 11.8 Å². The Hall–Kier alpha value is -3.46. The van der Waals surface area contributed by atoms with Gasteiger partial charge in [0.05, 0.1) is 17.2 Å². The van der Waals surface area contributed by atoms with E-state index in [-0.39, 0.29) is 16.3 Å². The largest absolute Gasteiger partial charge is 0.494 e. The molecule has 0 aliphatic rings. The Labute approximate surface area is 179 Å². The van der Waals surface area contributed by atoms with E-state index in [1.165, 1.54) is 30.3 Å². The Morgan fingerprint density at radius 2 is 1.65 bits per heavy atom. The van der Waals surface area contributed by atoms with Crippen molar-refractivity contribution in [3.05, 3.63) is 84.4 Å². The van der Waals surface area contributed by atoms with Gasteiger partial charge in [-0.3, -0.25) is 9.10 Å². The molecule has 31 heavy (non-hydrogen) atoms. The first kappa shape index (κ1) is 22.2. The Bertz CT molecular complexity index is 1150. The lowest BCUT2D eigenvalue weighted by Gasteiger charge is -2.24. The third-order valence-corrected chi connectivity index (χ3v) is 6.05.